The number of phenolic OH excluding ortho intramolecular Hbond substituents is 1. The van der Waals surface area contributed by atoms with Crippen LogP contribution >= 0.6 is 23.2 Å². The first-order chi connectivity index (χ1) is 5.82. The van der Waals surface area contributed by atoms with Crippen LogP contribution in [0.25, 0.3) is 0 Å². The van der Waals surface area contributed by atoms with Crippen LogP contribution in [0.15, 0.2) is 17.0 Å². The third-order valence-electron chi connectivity index (χ3n) is 1.27. The molecule has 0 aliphatic rings. The van der Waals surface area contributed by atoms with E-state index in [1.54, 1.807) is 0 Å². The van der Waals surface area contributed by atoms with Crippen molar-refractivity contribution in [3.63, 3.8) is 0 Å². The third kappa shape index (κ3) is 3.27. The Labute approximate surface area is 113 Å². The fourth-order valence-electron chi connectivity index (χ4n) is 0.739. The summed E-state index contributed by atoms with van der Waals surface area (Å²) in [7, 11) is -4.50. The van der Waals surface area contributed by atoms with Crippen LogP contribution in [0.1, 0.15) is 0 Å². The van der Waals surface area contributed by atoms with E-state index in [4.69, 9.17) is 32.9 Å². The van der Waals surface area contributed by atoms with Gasteiger partial charge in [0, 0.05) is 34.6 Å². The van der Waals surface area contributed by atoms with Crippen molar-refractivity contribution < 1.29 is 18.1 Å². The van der Waals surface area contributed by atoms with E-state index in [1.165, 1.54) is 0 Å². The first-order valence-electron chi connectivity index (χ1n) is 2.98. The van der Waals surface area contributed by atoms with Gasteiger partial charge in [0.2, 0.25) is 0 Å². The molecule has 4 nitrogen and oxygen atoms in total. The predicted octanol–water partition coefficient (Wildman–Crippen LogP) is 1.56. The summed E-state index contributed by atoms with van der Waals surface area (Å²) in [5, 5.41) is 8.90. The van der Waals surface area contributed by atoms with Gasteiger partial charge in [-0.3, -0.25) is 4.55 Å². The van der Waals surface area contributed by atoms with Crippen molar-refractivity contribution in [2.24, 2.45) is 0 Å². The Hall–Kier alpha value is 0.510. The number of benzene rings is 1. The average molecular weight is 266 g/mol. The SMILES string of the molecule is O=S(=O)(O)c1cc(Cl)cc(Cl)c1O.[Na]. The van der Waals surface area contributed by atoms with Gasteiger partial charge < -0.3 is 5.11 Å². The molecule has 2 N–H and O–H groups in total. The van der Waals surface area contributed by atoms with Crippen molar-refractivity contribution in [3.05, 3.63) is 22.2 Å². The molecule has 0 spiro atoms. The molecule has 0 bridgehead atoms. The van der Waals surface area contributed by atoms with Gasteiger partial charge in [0.15, 0.2) is 5.75 Å². The van der Waals surface area contributed by atoms with E-state index in [2.05, 4.69) is 0 Å². The summed E-state index contributed by atoms with van der Waals surface area (Å²) in [5.74, 6) is -0.714. The summed E-state index contributed by atoms with van der Waals surface area (Å²) in [6, 6.07) is 2.06. The van der Waals surface area contributed by atoms with Crippen LogP contribution in [0.5, 0.6) is 5.75 Å². The normalized spacial score (nSPS) is 10.8. The molecule has 0 unspecified atom stereocenters. The topological polar surface area (TPSA) is 74.6 Å². The number of halogens is 2. The van der Waals surface area contributed by atoms with E-state index >= 15 is 0 Å². The van der Waals surface area contributed by atoms with Crippen molar-refractivity contribution >= 4 is 62.9 Å². The average Bonchev–Trinajstić information content (AvgIpc) is 1.94. The Morgan fingerprint density at radius 2 is 1.71 bits per heavy atom. The standard InChI is InChI=1S/C6H4Cl2O4S.Na/c7-3-1-4(8)6(9)5(2-3)13(10,11)12;/h1-2,9H,(H,10,11,12);. The maximum atomic E-state index is 10.6. The maximum absolute atomic E-state index is 10.6. The summed E-state index contributed by atoms with van der Waals surface area (Å²) >= 11 is 10.9. The molecular weight excluding hydrogens is 262 g/mol. The molecule has 0 atom stereocenters. The van der Waals surface area contributed by atoms with Crippen molar-refractivity contribution in [1.29, 1.82) is 0 Å². The largest absolute Gasteiger partial charge is 0.505 e. The van der Waals surface area contributed by atoms with Gasteiger partial charge in [0.1, 0.15) is 4.90 Å². The zero-order valence-corrected chi connectivity index (χ0v) is 11.4. The second-order valence-corrected chi connectivity index (χ2v) is 4.44. The fraction of sp³-hybridized carbons (Fsp3) is 0. The Bertz CT molecular complexity index is 445. The van der Waals surface area contributed by atoms with Crippen molar-refractivity contribution in [2.45, 2.75) is 4.90 Å². The second kappa shape index (κ2) is 5.03. The van der Waals surface area contributed by atoms with Crippen molar-refractivity contribution in [1.82, 2.24) is 0 Å². The van der Waals surface area contributed by atoms with Gasteiger partial charge in [0.25, 0.3) is 10.1 Å². The summed E-state index contributed by atoms with van der Waals surface area (Å²) in [6.45, 7) is 0. The molecule has 0 saturated heterocycles. The molecule has 1 radical (unpaired) electrons. The van der Waals surface area contributed by atoms with Crippen LogP contribution in [-0.4, -0.2) is 47.6 Å². The summed E-state index contributed by atoms with van der Waals surface area (Å²) < 4.78 is 29.9. The molecule has 0 aliphatic carbocycles. The fourth-order valence-corrected chi connectivity index (χ4v) is 1.98. The smallest absolute Gasteiger partial charge is 0.298 e. The number of aromatic hydroxyl groups is 1. The van der Waals surface area contributed by atoms with Crippen molar-refractivity contribution in [3.8, 4) is 5.75 Å². The molecule has 8 heteroatoms. The minimum absolute atomic E-state index is 0. The molecule has 1 rings (SSSR count). The zero-order chi connectivity index (χ0) is 10.2. The molecule has 14 heavy (non-hydrogen) atoms. The zero-order valence-electron chi connectivity index (χ0n) is 7.03. The van der Waals surface area contributed by atoms with E-state index in [0.717, 1.165) is 12.1 Å². The molecule has 1 aromatic rings. The summed E-state index contributed by atoms with van der Waals surface area (Å²) in [6.07, 6.45) is 0. The molecule has 73 valence electrons. The molecule has 0 fully saturated rings. The van der Waals surface area contributed by atoms with E-state index in [-0.39, 0.29) is 39.6 Å². The molecule has 0 aromatic heterocycles. The monoisotopic (exact) mass is 265 g/mol. The Balaban J connectivity index is 0.00000169. The summed E-state index contributed by atoms with van der Waals surface area (Å²) in [5.41, 5.74) is 0. The van der Waals surface area contributed by atoms with Crippen LogP contribution in [0.3, 0.4) is 0 Å². The first kappa shape index (κ1) is 14.5. The Kier molecular flexibility index (Phi) is 5.21. The molecule has 0 aliphatic heterocycles. The van der Waals surface area contributed by atoms with Crippen LogP contribution in [0.2, 0.25) is 10.0 Å². The summed E-state index contributed by atoms with van der Waals surface area (Å²) in [4.78, 5) is -0.704. The van der Waals surface area contributed by atoms with Crippen LogP contribution in [0, 0.1) is 0 Å². The molecule has 0 heterocycles. The van der Waals surface area contributed by atoms with Gasteiger partial charge in [-0.1, -0.05) is 23.2 Å². The van der Waals surface area contributed by atoms with E-state index in [0.29, 0.717) is 0 Å². The number of hydrogen-bond donors (Lipinski definition) is 2. The first-order valence-corrected chi connectivity index (χ1v) is 5.17. The van der Waals surface area contributed by atoms with Gasteiger partial charge in [0.05, 0.1) is 5.02 Å². The predicted molar refractivity (Wildman–Crippen MR) is 53.7 cm³/mol. The minimum atomic E-state index is -4.50. The van der Waals surface area contributed by atoms with E-state index < -0.39 is 20.8 Å². The van der Waals surface area contributed by atoms with Crippen LogP contribution in [-0.2, 0) is 10.1 Å². The van der Waals surface area contributed by atoms with Gasteiger partial charge in [-0.25, -0.2) is 0 Å². The van der Waals surface area contributed by atoms with Crippen molar-refractivity contribution in [2.75, 3.05) is 0 Å². The van der Waals surface area contributed by atoms with Crippen LogP contribution in [0.4, 0.5) is 0 Å². The molecule has 0 saturated carbocycles. The quantitative estimate of drug-likeness (QED) is 0.597. The van der Waals surface area contributed by atoms with E-state index in [9.17, 15) is 8.42 Å². The van der Waals surface area contributed by atoms with Gasteiger partial charge in [-0.2, -0.15) is 8.42 Å². The number of phenols is 1. The van der Waals surface area contributed by atoms with Gasteiger partial charge >= 0.3 is 0 Å². The maximum Gasteiger partial charge on any atom is 0.298 e. The van der Waals surface area contributed by atoms with Crippen LogP contribution < -0.4 is 0 Å². The number of rotatable bonds is 1. The van der Waals surface area contributed by atoms with Gasteiger partial charge in [-0.05, 0) is 12.1 Å². The molecule has 1 aromatic carbocycles. The Morgan fingerprint density at radius 1 is 1.21 bits per heavy atom. The molecular formula is C6H4Cl2NaO4S. The Morgan fingerprint density at radius 3 is 2.14 bits per heavy atom. The minimum Gasteiger partial charge on any atom is -0.505 e. The van der Waals surface area contributed by atoms with E-state index in [1.807, 2.05) is 0 Å². The molecule has 0 amide bonds. The number of hydrogen-bond acceptors (Lipinski definition) is 3. The van der Waals surface area contributed by atoms with Gasteiger partial charge in [-0.15, -0.1) is 0 Å². The third-order valence-corrected chi connectivity index (χ3v) is 2.64. The second-order valence-electron chi connectivity index (χ2n) is 2.21.